The van der Waals surface area contributed by atoms with Gasteiger partial charge in [0, 0.05) is 5.56 Å². The van der Waals surface area contributed by atoms with E-state index in [1.54, 1.807) is 48.5 Å². The quantitative estimate of drug-likeness (QED) is 0.415. The van der Waals surface area contributed by atoms with Crippen molar-refractivity contribution in [3.05, 3.63) is 65.7 Å². The molecule has 0 bridgehead atoms. The van der Waals surface area contributed by atoms with Gasteiger partial charge in [0.2, 0.25) is 17.6 Å². The highest BCUT2D eigenvalue weighted by Gasteiger charge is 2.50. The number of imide groups is 1. The molecule has 160 valence electrons. The van der Waals surface area contributed by atoms with Gasteiger partial charge in [0.15, 0.2) is 6.10 Å². The number of amides is 2. The van der Waals surface area contributed by atoms with Crippen LogP contribution in [-0.2, 0) is 14.3 Å². The van der Waals surface area contributed by atoms with Crippen molar-refractivity contribution in [3.63, 3.8) is 0 Å². The van der Waals surface area contributed by atoms with Crippen LogP contribution in [0, 0.1) is 17.8 Å². The topological polar surface area (TPSA) is 80.8 Å². The maximum Gasteiger partial charge on any atom is 0.338 e. The Kier molecular flexibility index (Phi) is 5.72. The Morgan fingerprint density at radius 2 is 1.61 bits per heavy atom. The average molecular weight is 419 g/mol. The maximum atomic E-state index is 12.9. The van der Waals surface area contributed by atoms with Crippen molar-refractivity contribution in [2.75, 3.05) is 4.90 Å². The number of rotatable bonds is 5. The molecule has 2 aromatic rings. The smallest absolute Gasteiger partial charge is 0.338 e. The largest absolute Gasteiger partial charge is 0.451 e. The molecule has 31 heavy (non-hydrogen) atoms. The summed E-state index contributed by atoms with van der Waals surface area (Å²) in [6.07, 6.45) is 1.41. The lowest BCUT2D eigenvalue weighted by molar-refractivity contribution is -0.122. The van der Waals surface area contributed by atoms with Crippen LogP contribution in [0.25, 0.3) is 0 Å². The lowest BCUT2D eigenvalue weighted by atomic mass is 9.76. The van der Waals surface area contributed by atoms with Gasteiger partial charge >= 0.3 is 5.97 Å². The Hall–Kier alpha value is -3.28. The van der Waals surface area contributed by atoms with Crippen LogP contribution in [0.3, 0.4) is 0 Å². The van der Waals surface area contributed by atoms with Crippen molar-refractivity contribution < 1.29 is 23.9 Å². The molecule has 6 heteroatoms. The second-order valence-electron chi connectivity index (χ2n) is 8.47. The van der Waals surface area contributed by atoms with Gasteiger partial charge in [-0.1, -0.05) is 43.3 Å². The molecule has 1 saturated carbocycles. The fraction of sp³-hybridized carbons (Fsp3) is 0.360. The first kappa shape index (κ1) is 21.0. The normalized spacial score (nSPS) is 23.9. The number of carbonyl (C=O) groups excluding carboxylic acids is 4. The number of anilines is 1. The molecule has 6 nitrogen and oxygen atoms in total. The van der Waals surface area contributed by atoms with Crippen molar-refractivity contribution in [1.82, 2.24) is 0 Å². The molecule has 1 heterocycles. The zero-order chi connectivity index (χ0) is 22.1. The molecular weight excluding hydrogens is 394 g/mol. The molecule has 0 radical (unpaired) electrons. The van der Waals surface area contributed by atoms with Gasteiger partial charge in [0.05, 0.1) is 23.1 Å². The molecule has 4 rings (SSSR count). The number of ether oxygens (including phenoxy) is 1. The summed E-state index contributed by atoms with van der Waals surface area (Å²) in [5.74, 6) is -1.50. The maximum absolute atomic E-state index is 12.9. The van der Waals surface area contributed by atoms with E-state index in [4.69, 9.17) is 4.74 Å². The Morgan fingerprint density at radius 3 is 2.35 bits per heavy atom. The lowest BCUT2D eigenvalue weighted by Crippen LogP contribution is -2.31. The van der Waals surface area contributed by atoms with Gasteiger partial charge in [-0.05, 0) is 50.3 Å². The third-order valence-electron chi connectivity index (χ3n) is 6.24. The molecule has 2 aliphatic rings. The SMILES string of the molecule is CC1CCC2C(=O)N(c3cccc(C(=O)OC(C)C(=O)c4ccccc4)c3)C(=O)C2C1. The van der Waals surface area contributed by atoms with Crippen LogP contribution in [0.15, 0.2) is 54.6 Å². The fourth-order valence-electron chi connectivity index (χ4n) is 4.54. The monoisotopic (exact) mass is 419 g/mol. The average Bonchev–Trinajstić information content (AvgIpc) is 3.03. The molecule has 0 aromatic heterocycles. The number of fused-ring (bicyclic) bond motifs is 1. The molecule has 2 aromatic carbocycles. The predicted octanol–water partition coefficient (Wildman–Crippen LogP) is 4.04. The van der Waals surface area contributed by atoms with Crippen molar-refractivity contribution in [3.8, 4) is 0 Å². The summed E-state index contributed by atoms with van der Waals surface area (Å²) in [4.78, 5) is 52.2. The van der Waals surface area contributed by atoms with Crippen LogP contribution in [0.5, 0.6) is 0 Å². The zero-order valence-electron chi connectivity index (χ0n) is 17.6. The molecule has 1 aliphatic heterocycles. The van der Waals surface area contributed by atoms with E-state index in [0.717, 1.165) is 6.42 Å². The van der Waals surface area contributed by atoms with Crippen molar-refractivity contribution in [2.45, 2.75) is 39.2 Å². The van der Waals surface area contributed by atoms with Gasteiger partial charge in [0.1, 0.15) is 0 Å². The van der Waals surface area contributed by atoms with E-state index >= 15 is 0 Å². The molecule has 0 spiro atoms. The number of Topliss-reactive ketones (excluding diaryl/α,β-unsaturated/α-hetero) is 1. The molecule has 0 N–H and O–H groups in total. The Balaban J connectivity index is 1.50. The highest BCUT2D eigenvalue weighted by Crippen LogP contribution is 2.42. The summed E-state index contributed by atoms with van der Waals surface area (Å²) in [6, 6.07) is 14.9. The third-order valence-corrected chi connectivity index (χ3v) is 6.24. The van der Waals surface area contributed by atoms with E-state index in [9.17, 15) is 19.2 Å². The number of nitrogens with zero attached hydrogens (tertiary/aromatic N) is 1. The van der Waals surface area contributed by atoms with Gasteiger partial charge < -0.3 is 4.74 Å². The van der Waals surface area contributed by atoms with Crippen LogP contribution >= 0.6 is 0 Å². The third kappa shape index (κ3) is 4.02. The van der Waals surface area contributed by atoms with E-state index in [1.807, 2.05) is 0 Å². The number of carbonyl (C=O) groups is 4. The van der Waals surface area contributed by atoms with E-state index in [2.05, 4.69) is 6.92 Å². The van der Waals surface area contributed by atoms with Gasteiger partial charge in [-0.3, -0.25) is 19.3 Å². The van der Waals surface area contributed by atoms with E-state index < -0.39 is 12.1 Å². The first-order valence-corrected chi connectivity index (χ1v) is 10.6. The van der Waals surface area contributed by atoms with Gasteiger partial charge in [-0.15, -0.1) is 0 Å². The molecule has 2 amide bonds. The molecule has 4 unspecified atom stereocenters. The van der Waals surface area contributed by atoms with Crippen molar-refractivity contribution in [2.24, 2.45) is 17.8 Å². The second kappa shape index (κ2) is 8.46. The predicted molar refractivity (Wildman–Crippen MR) is 115 cm³/mol. The molecular formula is C25H25NO5. The summed E-state index contributed by atoms with van der Waals surface area (Å²) in [5, 5.41) is 0. The second-order valence-corrected chi connectivity index (χ2v) is 8.47. The van der Waals surface area contributed by atoms with E-state index in [0.29, 0.717) is 30.0 Å². The van der Waals surface area contributed by atoms with Crippen LogP contribution in [0.2, 0.25) is 0 Å². The molecule has 1 aliphatic carbocycles. The number of esters is 1. The number of hydrogen-bond acceptors (Lipinski definition) is 5. The van der Waals surface area contributed by atoms with Gasteiger partial charge in [-0.2, -0.15) is 0 Å². The lowest BCUT2D eigenvalue weighted by Gasteiger charge is -2.25. The summed E-state index contributed by atoms with van der Waals surface area (Å²) in [5.41, 5.74) is 1.02. The van der Waals surface area contributed by atoms with Crippen LogP contribution in [0.1, 0.15) is 53.8 Å². The number of ketones is 1. The molecule has 2 fully saturated rings. The minimum Gasteiger partial charge on any atom is -0.451 e. The van der Waals surface area contributed by atoms with E-state index in [-0.39, 0.29) is 35.0 Å². The summed E-state index contributed by atoms with van der Waals surface area (Å²) in [7, 11) is 0. The zero-order valence-corrected chi connectivity index (χ0v) is 17.6. The highest BCUT2D eigenvalue weighted by molar-refractivity contribution is 6.22. The number of hydrogen-bond donors (Lipinski definition) is 0. The molecule has 1 saturated heterocycles. The van der Waals surface area contributed by atoms with Crippen LogP contribution in [-0.4, -0.2) is 29.7 Å². The minimum atomic E-state index is -0.960. The highest BCUT2D eigenvalue weighted by atomic mass is 16.5. The van der Waals surface area contributed by atoms with Gasteiger partial charge in [0.25, 0.3) is 0 Å². The standard InChI is InChI=1S/C25H25NO5/c1-15-11-12-20-21(13-15)24(29)26(23(20)28)19-10-6-9-18(14-19)25(30)31-16(2)22(27)17-7-4-3-5-8-17/h3-10,14-16,20-21H,11-13H2,1-2H3. The van der Waals surface area contributed by atoms with Gasteiger partial charge in [-0.25, -0.2) is 4.79 Å². The molecule has 4 atom stereocenters. The summed E-state index contributed by atoms with van der Waals surface area (Å²) >= 11 is 0. The van der Waals surface area contributed by atoms with E-state index in [1.165, 1.54) is 17.9 Å². The Labute approximate surface area is 181 Å². The van der Waals surface area contributed by atoms with Crippen molar-refractivity contribution >= 4 is 29.3 Å². The van der Waals surface area contributed by atoms with Crippen LogP contribution < -0.4 is 4.90 Å². The van der Waals surface area contributed by atoms with Crippen LogP contribution in [0.4, 0.5) is 5.69 Å². The van der Waals surface area contributed by atoms with Crippen molar-refractivity contribution in [1.29, 1.82) is 0 Å². The fourth-order valence-corrected chi connectivity index (χ4v) is 4.54. The minimum absolute atomic E-state index is 0.189. The summed E-state index contributed by atoms with van der Waals surface area (Å²) < 4.78 is 5.36. The Bertz CT molecular complexity index is 1030. The Morgan fingerprint density at radius 1 is 0.935 bits per heavy atom. The first-order chi connectivity index (χ1) is 14.9. The summed E-state index contributed by atoms with van der Waals surface area (Å²) in [6.45, 7) is 3.63. The first-order valence-electron chi connectivity index (χ1n) is 10.6. The number of benzene rings is 2.